The van der Waals surface area contributed by atoms with E-state index in [0.717, 1.165) is 0 Å². The maximum atomic E-state index is 11.6. The first kappa shape index (κ1) is 13.2. The van der Waals surface area contributed by atoms with Gasteiger partial charge in [0.1, 0.15) is 5.75 Å². The van der Waals surface area contributed by atoms with Gasteiger partial charge < -0.3 is 5.73 Å². The maximum absolute atomic E-state index is 11.6. The number of rotatable bonds is 4. The Labute approximate surface area is 105 Å². The van der Waals surface area contributed by atoms with Crippen LogP contribution in [-0.2, 0) is 10.0 Å². The van der Waals surface area contributed by atoms with E-state index >= 15 is 0 Å². The van der Waals surface area contributed by atoms with E-state index in [9.17, 15) is 8.42 Å². The first-order chi connectivity index (χ1) is 7.32. The molecular weight excluding hydrogens is 268 g/mol. The molecule has 7 heteroatoms. The number of thiocarbonyl (C=S) groups is 1. The molecule has 0 saturated heterocycles. The van der Waals surface area contributed by atoms with Crippen LogP contribution in [0.2, 0.25) is 5.02 Å². The third-order valence-corrected chi connectivity index (χ3v) is 3.82. The molecule has 0 amide bonds. The first-order valence-corrected chi connectivity index (χ1v) is 6.79. The summed E-state index contributed by atoms with van der Waals surface area (Å²) in [6.45, 7) is 1.72. The van der Waals surface area contributed by atoms with Crippen LogP contribution in [0.5, 0.6) is 0 Å². The number of hydrogen-bond donors (Lipinski definition) is 2. The highest BCUT2D eigenvalue weighted by Crippen LogP contribution is 2.23. The van der Waals surface area contributed by atoms with Crippen LogP contribution in [-0.4, -0.2) is 19.2 Å². The second-order valence-corrected chi connectivity index (χ2v) is 5.89. The molecule has 1 aromatic carbocycles. The summed E-state index contributed by atoms with van der Waals surface area (Å²) in [6.07, 6.45) is 0. The molecule has 0 spiro atoms. The van der Waals surface area contributed by atoms with E-state index in [0.29, 0.717) is 16.3 Å². The Bertz CT molecular complexity index is 514. The molecule has 0 aliphatic carbocycles. The second-order valence-electron chi connectivity index (χ2n) is 3.24. The minimum Gasteiger partial charge on any atom is -0.392 e. The molecule has 1 aromatic rings. The van der Waals surface area contributed by atoms with Crippen molar-refractivity contribution in [3.63, 3.8) is 0 Å². The molecule has 0 heterocycles. The molecule has 0 saturated carbocycles. The van der Waals surface area contributed by atoms with Gasteiger partial charge in [0.15, 0.2) is 0 Å². The van der Waals surface area contributed by atoms with Crippen LogP contribution in [0.4, 0.5) is 5.69 Å². The molecule has 3 N–H and O–H groups in total. The van der Waals surface area contributed by atoms with Crippen molar-refractivity contribution in [1.29, 1.82) is 0 Å². The molecule has 4 nitrogen and oxygen atoms in total. The molecule has 0 fully saturated rings. The van der Waals surface area contributed by atoms with Crippen molar-refractivity contribution in [2.24, 2.45) is 5.73 Å². The first-order valence-electron chi connectivity index (χ1n) is 4.36. The summed E-state index contributed by atoms with van der Waals surface area (Å²) >= 11 is 10.4. The largest absolute Gasteiger partial charge is 0.392 e. The fourth-order valence-electron chi connectivity index (χ4n) is 1.11. The maximum Gasteiger partial charge on any atom is 0.239 e. The van der Waals surface area contributed by atoms with Crippen LogP contribution >= 0.6 is 23.8 Å². The molecule has 88 valence electrons. The highest BCUT2D eigenvalue weighted by atomic mass is 35.5. The van der Waals surface area contributed by atoms with Gasteiger partial charge in [-0.05, 0) is 24.6 Å². The predicted molar refractivity (Wildman–Crippen MR) is 70.4 cm³/mol. The summed E-state index contributed by atoms with van der Waals surface area (Å²) in [5, 5.41) is 0.496. The Morgan fingerprint density at radius 1 is 1.56 bits per heavy atom. The summed E-state index contributed by atoms with van der Waals surface area (Å²) in [4.78, 5) is -0.0767. The number of anilines is 1. The Morgan fingerprint density at radius 2 is 2.19 bits per heavy atom. The summed E-state index contributed by atoms with van der Waals surface area (Å²) in [5.74, 6) is -0.381. The quantitative estimate of drug-likeness (QED) is 0.822. The van der Waals surface area contributed by atoms with Gasteiger partial charge in [0.25, 0.3) is 0 Å². The van der Waals surface area contributed by atoms with Crippen molar-refractivity contribution in [3.8, 4) is 0 Å². The number of sulfonamides is 1. The van der Waals surface area contributed by atoms with Gasteiger partial charge in [-0.1, -0.05) is 29.9 Å². The van der Waals surface area contributed by atoms with Crippen molar-refractivity contribution in [2.45, 2.75) is 6.92 Å². The molecule has 16 heavy (non-hydrogen) atoms. The van der Waals surface area contributed by atoms with Gasteiger partial charge in [-0.3, -0.25) is 4.72 Å². The summed E-state index contributed by atoms with van der Waals surface area (Å²) in [6, 6.07) is 4.97. The van der Waals surface area contributed by atoms with Crippen LogP contribution in [0.1, 0.15) is 5.56 Å². The van der Waals surface area contributed by atoms with Crippen LogP contribution in [0, 0.1) is 6.92 Å². The average Bonchev–Trinajstić information content (AvgIpc) is 2.10. The summed E-state index contributed by atoms with van der Waals surface area (Å²) in [5.41, 5.74) is 6.28. The minimum absolute atomic E-state index is 0.0767. The monoisotopic (exact) mass is 278 g/mol. The van der Waals surface area contributed by atoms with Crippen molar-refractivity contribution in [1.82, 2.24) is 0 Å². The molecule has 0 bridgehead atoms. The van der Waals surface area contributed by atoms with E-state index in [2.05, 4.69) is 16.9 Å². The van der Waals surface area contributed by atoms with Gasteiger partial charge in [-0.2, -0.15) is 0 Å². The third kappa shape index (κ3) is 3.62. The number of halogens is 1. The Morgan fingerprint density at radius 3 is 2.75 bits per heavy atom. The SMILES string of the molecule is Cc1c(Cl)cccc1NS(=O)(=O)CC(N)=S. The summed E-state index contributed by atoms with van der Waals surface area (Å²) in [7, 11) is -3.55. The predicted octanol–water partition coefficient (Wildman–Crippen LogP) is 1.68. The lowest BCUT2D eigenvalue weighted by Gasteiger charge is -2.10. The Balaban J connectivity index is 2.97. The van der Waals surface area contributed by atoms with Crippen LogP contribution < -0.4 is 10.5 Å². The minimum atomic E-state index is -3.55. The zero-order valence-corrected chi connectivity index (χ0v) is 10.9. The summed E-state index contributed by atoms with van der Waals surface area (Å²) < 4.78 is 25.5. The fourth-order valence-corrected chi connectivity index (χ4v) is 2.75. The van der Waals surface area contributed by atoms with Gasteiger partial charge in [0.05, 0.1) is 10.7 Å². The lowest BCUT2D eigenvalue weighted by Crippen LogP contribution is -2.26. The molecule has 0 aromatic heterocycles. The fraction of sp³-hybridized carbons (Fsp3) is 0.222. The van der Waals surface area contributed by atoms with E-state index in [4.69, 9.17) is 17.3 Å². The standard InChI is InChI=1S/C9H11ClN2O2S2/c1-6-7(10)3-2-4-8(6)12-16(13,14)5-9(11)15/h2-4,12H,5H2,1H3,(H2,11,15). The number of hydrogen-bond acceptors (Lipinski definition) is 3. The molecule has 0 radical (unpaired) electrons. The van der Waals surface area contributed by atoms with Crippen molar-refractivity contribution in [2.75, 3.05) is 10.5 Å². The number of nitrogens with one attached hydrogen (secondary N) is 1. The van der Waals surface area contributed by atoms with Crippen molar-refractivity contribution < 1.29 is 8.42 Å². The lowest BCUT2D eigenvalue weighted by atomic mass is 10.2. The van der Waals surface area contributed by atoms with Gasteiger partial charge >= 0.3 is 0 Å². The van der Waals surface area contributed by atoms with Gasteiger partial charge in [-0.15, -0.1) is 0 Å². The third-order valence-electron chi connectivity index (χ3n) is 1.87. The molecule has 0 aliphatic rings. The number of benzene rings is 1. The average molecular weight is 279 g/mol. The topological polar surface area (TPSA) is 72.2 Å². The van der Waals surface area contributed by atoms with E-state index in [1.165, 1.54) is 0 Å². The highest BCUT2D eigenvalue weighted by molar-refractivity contribution is 7.95. The zero-order chi connectivity index (χ0) is 12.3. The van der Waals surface area contributed by atoms with Gasteiger partial charge in [-0.25, -0.2) is 8.42 Å². The normalized spacial score (nSPS) is 11.1. The van der Waals surface area contributed by atoms with Crippen molar-refractivity contribution >= 4 is 44.5 Å². The van der Waals surface area contributed by atoms with E-state index in [1.54, 1.807) is 25.1 Å². The molecule has 0 aliphatic heterocycles. The number of nitrogens with two attached hydrogens (primary N) is 1. The second kappa shape index (κ2) is 4.99. The smallest absolute Gasteiger partial charge is 0.239 e. The Kier molecular flexibility index (Phi) is 4.12. The lowest BCUT2D eigenvalue weighted by molar-refractivity contribution is 0.605. The van der Waals surface area contributed by atoms with E-state index in [1.807, 2.05) is 0 Å². The van der Waals surface area contributed by atoms with Crippen molar-refractivity contribution in [3.05, 3.63) is 28.8 Å². The molecule has 0 atom stereocenters. The Hall–Kier alpha value is -0.850. The highest BCUT2D eigenvalue weighted by Gasteiger charge is 2.13. The van der Waals surface area contributed by atoms with Crippen LogP contribution in [0.3, 0.4) is 0 Å². The van der Waals surface area contributed by atoms with Gasteiger partial charge in [0, 0.05) is 5.02 Å². The molecular formula is C9H11ClN2O2S2. The van der Waals surface area contributed by atoms with Crippen LogP contribution in [0.15, 0.2) is 18.2 Å². The molecule has 1 rings (SSSR count). The van der Waals surface area contributed by atoms with E-state index < -0.39 is 10.0 Å². The van der Waals surface area contributed by atoms with Crippen LogP contribution in [0.25, 0.3) is 0 Å². The van der Waals surface area contributed by atoms with Gasteiger partial charge in [0.2, 0.25) is 10.0 Å². The molecule has 0 unspecified atom stereocenters. The zero-order valence-electron chi connectivity index (χ0n) is 8.53. The van der Waals surface area contributed by atoms with E-state index in [-0.39, 0.29) is 10.7 Å².